The molecule has 2 aromatic rings. The van der Waals surface area contributed by atoms with Gasteiger partial charge in [-0.2, -0.15) is 5.10 Å². The lowest BCUT2D eigenvalue weighted by Crippen LogP contribution is -2.33. The van der Waals surface area contributed by atoms with Crippen molar-refractivity contribution in [2.45, 2.75) is 13.0 Å². The molecule has 1 unspecified atom stereocenters. The second kappa shape index (κ2) is 5.56. The molecule has 20 heavy (non-hydrogen) atoms. The molecule has 0 aliphatic carbocycles. The summed E-state index contributed by atoms with van der Waals surface area (Å²) in [5.41, 5.74) is 1.69. The Balaban J connectivity index is 2.23. The molecule has 1 aromatic heterocycles. The lowest BCUT2D eigenvalue weighted by atomic mass is 10.1. The largest absolute Gasteiger partial charge is 0.479 e. The average molecular weight is 273 g/mol. The molecule has 2 rings (SSSR count). The van der Waals surface area contributed by atoms with Crippen LogP contribution in [0.4, 0.5) is 0 Å². The van der Waals surface area contributed by atoms with Crippen LogP contribution in [0.3, 0.4) is 0 Å². The van der Waals surface area contributed by atoms with E-state index in [1.54, 1.807) is 38.4 Å². The van der Waals surface area contributed by atoms with E-state index in [0.717, 1.165) is 5.56 Å². The van der Waals surface area contributed by atoms with Crippen LogP contribution in [-0.4, -0.2) is 26.8 Å². The van der Waals surface area contributed by atoms with Crippen molar-refractivity contribution in [3.8, 4) is 0 Å². The van der Waals surface area contributed by atoms with Gasteiger partial charge in [-0.1, -0.05) is 18.2 Å². The topological polar surface area (TPSA) is 84.2 Å². The normalized spacial score (nSPS) is 11.9. The molecule has 0 aliphatic heterocycles. The van der Waals surface area contributed by atoms with Gasteiger partial charge in [-0.3, -0.25) is 9.48 Å². The fourth-order valence-electron chi connectivity index (χ4n) is 1.91. The number of carbonyl (C=O) groups is 2. The Morgan fingerprint density at radius 2 is 2.05 bits per heavy atom. The summed E-state index contributed by atoms with van der Waals surface area (Å²) in [6.07, 6.45) is 2.99. The predicted molar refractivity (Wildman–Crippen MR) is 72.2 cm³/mol. The van der Waals surface area contributed by atoms with Gasteiger partial charge in [-0.25, -0.2) is 4.79 Å². The summed E-state index contributed by atoms with van der Waals surface area (Å²) in [4.78, 5) is 23.5. The van der Waals surface area contributed by atoms with Crippen molar-refractivity contribution < 1.29 is 14.7 Å². The zero-order chi connectivity index (χ0) is 14.7. The van der Waals surface area contributed by atoms with Crippen LogP contribution in [0.1, 0.15) is 27.5 Å². The molecular formula is C14H15N3O3. The maximum atomic E-state index is 12.2. The van der Waals surface area contributed by atoms with Gasteiger partial charge >= 0.3 is 5.97 Å². The van der Waals surface area contributed by atoms with Gasteiger partial charge in [0.25, 0.3) is 5.91 Å². The van der Waals surface area contributed by atoms with Crippen LogP contribution in [0, 0.1) is 6.92 Å². The number of nitrogens with one attached hydrogen (secondary N) is 1. The number of aryl methyl sites for hydroxylation is 2. The van der Waals surface area contributed by atoms with Crippen molar-refractivity contribution >= 4 is 11.9 Å². The number of hydrogen-bond acceptors (Lipinski definition) is 3. The van der Waals surface area contributed by atoms with Gasteiger partial charge in [0, 0.05) is 24.4 Å². The summed E-state index contributed by atoms with van der Waals surface area (Å²) >= 11 is 0. The standard InChI is InChI=1S/C14H15N3O3/c1-9-5-3-4-6-11(9)13(18)16-12(14(19)20)10-7-15-17(2)8-10/h3-8,12H,1-2H3,(H,16,18)(H,19,20). The van der Waals surface area contributed by atoms with Crippen molar-refractivity contribution in [3.05, 3.63) is 53.3 Å². The number of rotatable bonds is 4. The molecular weight excluding hydrogens is 258 g/mol. The molecule has 0 bridgehead atoms. The van der Waals surface area contributed by atoms with Crippen molar-refractivity contribution in [2.24, 2.45) is 7.05 Å². The summed E-state index contributed by atoms with van der Waals surface area (Å²) in [7, 11) is 1.69. The van der Waals surface area contributed by atoms with Crippen LogP contribution in [0.2, 0.25) is 0 Å². The molecule has 1 aromatic carbocycles. The van der Waals surface area contributed by atoms with Gasteiger partial charge in [0.15, 0.2) is 6.04 Å². The van der Waals surface area contributed by atoms with E-state index in [1.807, 2.05) is 6.07 Å². The first-order valence-corrected chi connectivity index (χ1v) is 6.07. The van der Waals surface area contributed by atoms with E-state index < -0.39 is 17.9 Å². The maximum absolute atomic E-state index is 12.2. The SMILES string of the molecule is Cc1ccccc1C(=O)NC(C(=O)O)c1cnn(C)c1. The number of benzene rings is 1. The fourth-order valence-corrected chi connectivity index (χ4v) is 1.91. The minimum absolute atomic E-state index is 0.417. The van der Waals surface area contributed by atoms with Crippen LogP contribution < -0.4 is 5.32 Å². The third-order valence-electron chi connectivity index (χ3n) is 2.97. The van der Waals surface area contributed by atoms with E-state index in [1.165, 1.54) is 10.9 Å². The van der Waals surface area contributed by atoms with Gasteiger partial charge in [0.05, 0.1) is 6.20 Å². The minimum atomic E-state index is -1.13. The van der Waals surface area contributed by atoms with Crippen molar-refractivity contribution in [1.29, 1.82) is 0 Å². The van der Waals surface area contributed by atoms with E-state index in [9.17, 15) is 14.7 Å². The average Bonchev–Trinajstić information content (AvgIpc) is 2.82. The molecule has 0 saturated heterocycles. The Kier molecular flexibility index (Phi) is 3.84. The molecule has 0 saturated carbocycles. The quantitative estimate of drug-likeness (QED) is 0.879. The molecule has 1 amide bonds. The zero-order valence-electron chi connectivity index (χ0n) is 11.2. The van der Waals surface area contributed by atoms with E-state index >= 15 is 0 Å². The highest BCUT2D eigenvalue weighted by Gasteiger charge is 2.24. The number of amides is 1. The predicted octanol–water partition coefficient (Wildman–Crippen LogP) is 1.28. The van der Waals surface area contributed by atoms with E-state index in [2.05, 4.69) is 10.4 Å². The third-order valence-corrected chi connectivity index (χ3v) is 2.97. The van der Waals surface area contributed by atoms with Crippen LogP contribution >= 0.6 is 0 Å². The first-order valence-electron chi connectivity index (χ1n) is 6.07. The molecule has 1 heterocycles. The highest BCUT2D eigenvalue weighted by Crippen LogP contribution is 2.14. The minimum Gasteiger partial charge on any atom is -0.479 e. The zero-order valence-corrected chi connectivity index (χ0v) is 11.2. The number of aromatic nitrogens is 2. The molecule has 104 valence electrons. The summed E-state index contributed by atoms with van der Waals surface area (Å²) in [5.74, 6) is -1.54. The first-order chi connectivity index (χ1) is 9.49. The number of carboxylic acids is 1. The van der Waals surface area contributed by atoms with Gasteiger partial charge in [-0.05, 0) is 18.6 Å². The highest BCUT2D eigenvalue weighted by molar-refractivity contribution is 5.97. The van der Waals surface area contributed by atoms with Gasteiger partial charge in [-0.15, -0.1) is 0 Å². The molecule has 6 heteroatoms. The van der Waals surface area contributed by atoms with E-state index in [0.29, 0.717) is 11.1 Å². The smallest absolute Gasteiger partial charge is 0.331 e. The van der Waals surface area contributed by atoms with Crippen LogP contribution in [0.25, 0.3) is 0 Å². The Hall–Kier alpha value is -2.63. The first kappa shape index (κ1) is 13.8. The summed E-state index contributed by atoms with van der Waals surface area (Å²) in [6.45, 7) is 1.80. The molecule has 0 radical (unpaired) electrons. The van der Waals surface area contributed by atoms with Gasteiger partial charge in [0.1, 0.15) is 0 Å². The molecule has 6 nitrogen and oxygen atoms in total. The fraction of sp³-hybridized carbons (Fsp3) is 0.214. The van der Waals surface area contributed by atoms with Gasteiger partial charge < -0.3 is 10.4 Å². The number of hydrogen-bond donors (Lipinski definition) is 2. The van der Waals surface area contributed by atoms with E-state index in [4.69, 9.17) is 0 Å². The number of nitrogens with zero attached hydrogens (tertiary/aromatic N) is 2. The molecule has 0 fully saturated rings. The summed E-state index contributed by atoms with van der Waals surface area (Å²) < 4.78 is 1.49. The van der Waals surface area contributed by atoms with Crippen molar-refractivity contribution in [3.63, 3.8) is 0 Å². The Bertz CT molecular complexity index is 649. The molecule has 0 spiro atoms. The van der Waals surface area contributed by atoms with E-state index in [-0.39, 0.29) is 0 Å². The Labute approximate surface area is 116 Å². The molecule has 2 N–H and O–H groups in total. The summed E-state index contributed by atoms with van der Waals surface area (Å²) in [5, 5.41) is 15.7. The number of aliphatic carboxylic acids is 1. The monoisotopic (exact) mass is 273 g/mol. The van der Waals surface area contributed by atoms with Gasteiger partial charge in [0.2, 0.25) is 0 Å². The van der Waals surface area contributed by atoms with Crippen LogP contribution in [0.15, 0.2) is 36.7 Å². The Morgan fingerprint density at radius 3 is 2.60 bits per heavy atom. The maximum Gasteiger partial charge on any atom is 0.331 e. The van der Waals surface area contributed by atoms with Crippen molar-refractivity contribution in [1.82, 2.24) is 15.1 Å². The third kappa shape index (κ3) is 2.85. The molecule has 0 aliphatic rings. The number of carbonyl (C=O) groups excluding carboxylic acids is 1. The lowest BCUT2D eigenvalue weighted by molar-refractivity contribution is -0.139. The van der Waals surface area contributed by atoms with Crippen LogP contribution in [-0.2, 0) is 11.8 Å². The molecule has 1 atom stereocenters. The highest BCUT2D eigenvalue weighted by atomic mass is 16.4. The number of carboxylic acid groups (broad SMARTS) is 1. The summed E-state index contributed by atoms with van der Waals surface area (Å²) in [6, 6.07) is 5.90. The van der Waals surface area contributed by atoms with Crippen LogP contribution in [0.5, 0.6) is 0 Å². The second-order valence-electron chi connectivity index (χ2n) is 4.51. The van der Waals surface area contributed by atoms with Crippen molar-refractivity contribution in [2.75, 3.05) is 0 Å². The second-order valence-corrected chi connectivity index (χ2v) is 4.51. The Morgan fingerprint density at radius 1 is 1.35 bits per heavy atom. The lowest BCUT2D eigenvalue weighted by Gasteiger charge is -2.13.